The van der Waals surface area contributed by atoms with Crippen LogP contribution in [-0.2, 0) is 38.2 Å². The van der Waals surface area contributed by atoms with E-state index in [-0.39, 0.29) is 54.6 Å². The van der Waals surface area contributed by atoms with Crippen molar-refractivity contribution in [3.63, 3.8) is 0 Å². The molecule has 3 nitrogen and oxygen atoms in total. The molecule has 0 aliphatic carbocycles. The molecule has 38 valence electrons. The van der Waals surface area contributed by atoms with Crippen LogP contribution < -0.4 is 0 Å². The SMILES string of the molecule is O.O.O.[Ni].[Ti]. The van der Waals surface area contributed by atoms with Crippen LogP contribution in [0.2, 0.25) is 0 Å². The van der Waals surface area contributed by atoms with Crippen LogP contribution in [0.25, 0.3) is 0 Å². The Morgan fingerprint density at radius 1 is 0.600 bits per heavy atom. The number of hydrogen-bond acceptors (Lipinski definition) is 0. The molecule has 5 heavy (non-hydrogen) atoms. The van der Waals surface area contributed by atoms with E-state index in [0.717, 1.165) is 0 Å². The number of hydrogen-bond donors (Lipinski definition) is 0. The van der Waals surface area contributed by atoms with Crippen LogP contribution in [-0.4, -0.2) is 16.4 Å². The Morgan fingerprint density at radius 2 is 0.600 bits per heavy atom. The van der Waals surface area contributed by atoms with E-state index in [0.29, 0.717) is 0 Å². The fourth-order valence-corrected chi connectivity index (χ4v) is 0. The van der Waals surface area contributed by atoms with Gasteiger partial charge in [-0.2, -0.15) is 0 Å². The van der Waals surface area contributed by atoms with Gasteiger partial charge in [-0.15, -0.1) is 0 Å². The monoisotopic (exact) mass is 160 g/mol. The summed E-state index contributed by atoms with van der Waals surface area (Å²) in [6.45, 7) is 0. The topological polar surface area (TPSA) is 94.5 Å². The first-order valence-electron chi connectivity index (χ1n) is 0. The first kappa shape index (κ1) is 133. The molecule has 0 bridgehead atoms. The average Bonchev–Trinajstić information content (AvgIpc) is 0. The molecule has 0 spiro atoms. The molecular formula is H6NiO3Ti. The molecule has 0 aliphatic heterocycles. The molecule has 0 aromatic rings. The molecule has 5 heteroatoms. The summed E-state index contributed by atoms with van der Waals surface area (Å²) < 4.78 is 0. The van der Waals surface area contributed by atoms with Crippen LogP contribution in [0.5, 0.6) is 0 Å². The zero-order chi connectivity index (χ0) is 0. The third-order valence-corrected chi connectivity index (χ3v) is 0. The van der Waals surface area contributed by atoms with Crippen LogP contribution in [0.1, 0.15) is 0 Å². The van der Waals surface area contributed by atoms with Crippen LogP contribution >= 0.6 is 0 Å². The van der Waals surface area contributed by atoms with Gasteiger partial charge >= 0.3 is 0 Å². The van der Waals surface area contributed by atoms with Crippen LogP contribution in [0, 0.1) is 0 Å². The van der Waals surface area contributed by atoms with Crippen molar-refractivity contribution < 1.29 is 54.6 Å². The molecule has 0 aliphatic rings. The molecule has 6 N–H and O–H groups in total. The Labute approximate surface area is 54.9 Å². The van der Waals surface area contributed by atoms with Gasteiger partial charge in [-0.3, -0.25) is 0 Å². The van der Waals surface area contributed by atoms with Gasteiger partial charge in [0.05, 0.1) is 0 Å². The quantitative estimate of drug-likeness (QED) is 0.351. The second-order valence-corrected chi connectivity index (χ2v) is 0. The Kier molecular flexibility index (Phi) is 1910. The van der Waals surface area contributed by atoms with Gasteiger partial charge in [-0.1, -0.05) is 0 Å². The van der Waals surface area contributed by atoms with E-state index < -0.39 is 0 Å². The van der Waals surface area contributed by atoms with Crippen LogP contribution in [0.4, 0.5) is 0 Å². The average molecular weight is 161 g/mol. The molecular weight excluding hydrogens is 155 g/mol. The van der Waals surface area contributed by atoms with Gasteiger partial charge < -0.3 is 16.4 Å². The maximum absolute atomic E-state index is 0. The van der Waals surface area contributed by atoms with Gasteiger partial charge in [0.15, 0.2) is 0 Å². The Hall–Kier alpha value is 1.09. The molecule has 0 rings (SSSR count). The van der Waals surface area contributed by atoms with E-state index in [1.807, 2.05) is 0 Å². The van der Waals surface area contributed by atoms with E-state index in [9.17, 15) is 0 Å². The normalized spacial score (nSPS) is 0. The van der Waals surface area contributed by atoms with Gasteiger partial charge in [-0.25, -0.2) is 0 Å². The van der Waals surface area contributed by atoms with Crippen molar-refractivity contribution in [3.8, 4) is 0 Å². The van der Waals surface area contributed by atoms with Gasteiger partial charge in [-0.05, 0) is 0 Å². The van der Waals surface area contributed by atoms with Crippen molar-refractivity contribution in [3.05, 3.63) is 0 Å². The second kappa shape index (κ2) is 71.8. The molecule has 0 aromatic heterocycles. The first-order valence-corrected chi connectivity index (χ1v) is 0. The van der Waals surface area contributed by atoms with Crippen LogP contribution in [0.15, 0.2) is 0 Å². The van der Waals surface area contributed by atoms with Crippen molar-refractivity contribution in [2.45, 2.75) is 0 Å². The maximum atomic E-state index is 0. The molecule has 0 aromatic carbocycles. The van der Waals surface area contributed by atoms with Crippen LogP contribution in [0.3, 0.4) is 0 Å². The van der Waals surface area contributed by atoms with E-state index in [1.54, 1.807) is 0 Å². The van der Waals surface area contributed by atoms with Crippen molar-refractivity contribution in [2.75, 3.05) is 0 Å². The van der Waals surface area contributed by atoms with Gasteiger partial charge in [0.25, 0.3) is 0 Å². The zero-order valence-electron chi connectivity index (χ0n) is 2.32. The third-order valence-electron chi connectivity index (χ3n) is 0. The predicted molar refractivity (Wildman–Crippen MR) is 10.8 cm³/mol. The van der Waals surface area contributed by atoms with E-state index in [2.05, 4.69) is 0 Å². The Bertz CT molecular complexity index is 6.85. The Balaban J connectivity index is 0. The molecule has 0 amide bonds. The molecule has 0 radical (unpaired) electrons. The standard InChI is InChI=1S/Ni.3H2O.Ti/h;3*1H2;. The molecule has 0 fully saturated rings. The summed E-state index contributed by atoms with van der Waals surface area (Å²) in [6, 6.07) is 0. The summed E-state index contributed by atoms with van der Waals surface area (Å²) >= 11 is 0. The fraction of sp³-hybridized carbons (Fsp3) is 0. The predicted octanol–water partition coefficient (Wildman–Crippen LogP) is -2.48. The number of rotatable bonds is 0. The summed E-state index contributed by atoms with van der Waals surface area (Å²) in [5.41, 5.74) is 0. The van der Waals surface area contributed by atoms with Crippen molar-refractivity contribution in [1.82, 2.24) is 0 Å². The summed E-state index contributed by atoms with van der Waals surface area (Å²) in [7, 11) is 0. The summed E-state index contributed by atoms with van der Waals surface area (Å²) in [4.78, 5) is 0. The smallest absolute Gasteiger partial charge is 0 e. The van der Waals surface area contributed by atoms with Crippen molar-refractivity contribution in [2.24, 2.45) is 0 Å². The summed E-state index contributed by atoms with van der Waals surface area (Å²) in [5.74, 6) is 0. The fourth-order valence-electron chi connectivity index (χ4n) is 0. The van der Waals surface area contributed by atoms with E-state index in [1.165, 1.54) is 0 Å². The van der Waals surface area contributed by atoms with Gasteiger partial charge in [0.2, 0.25) is 0 Å². The molecule has 0 heterocycles. The minimum atomic E-state index is 0. The molecule has 0 atom stereocenters. The third kappa shape index (κ3) is 41.0. The van der Waals surface area contributed by atoms with Gasteiger partial charge in [0.1, 0.15) is 0 Å². The Morgan fingerprint density at radius 3 is 0.600 bits per heavy atom. The van der Waals surface area contributed by atoms with E-state index in [4.69, 9.17) is 0 Å². The minimum absolute atomic E-state index is 0. The van der Waals surface area contributed by atoms with Crippen molar-refractivity contribution >= 4 is 0 Å². The van der Waals surface area contributed by atoms with E-state index >= 15 is 0 Å². The molecule has 0 unspecified atom stereocenters. The second-order valence-electron chi connectivity index (χ2n) is 0. The maximum Gasteiger partial charge on any atom is 0 e. The summed E-state index contributed by atoms with van der Waals surface area (Å²) in [5, 5.41) is 0. The zero-order valence-corrected chi connectivity index (χ0v) is 4.87. The first-order chi connectivity index (χ1) is 0. The largest absolute Gasteiger partial charge is 0.412 e. The summed E-state index contributed by atoms with van der Waals surface area (Å²) in [6.07, 6.45) is 0. The molecule has 0 saturated heterocycles. The molecule has 0 saturated carbocycles. The van der Waals surface area contributed by atoms with Crippen molar-refractivity contribution in [1.29, 1.82) is 0 Å². The van der Waals surface area contributed by atoms with Gasteiger partial charge in [0, 0.05) is 38.2 Å². The minimum Gasteiger partial charge on any atom is -0.412 e.